The molecule has 0 atom stereocenters. The first-order chi connectivity index (χ1) is 8.69. The minimum Gasteiger partial charge on any atom is -0.385 e. The standard InChI is InChI=1S/C14H22INO2/c1-4-17-14(18-5-2)9-10-16-13-8-6-7-12(15)11(13)3/h6-8,14,16H,4-5,9-10H2,1-3H3. The largest absolute Gasteiger partial charge is 0.385 e. The molecule has 1 aromatic rings. The average Bonchev–Trinajstić information content (AvgIpc) is 2.35. The lowest BCUT2D eigenvalue weighted by atomic mass is 10.2. The molecule has 1 rings (SSSR count). The highest BCUT2D eigenvalue weighted by atomic mass is 127. The third-order valence-corrected chi connectivity index (χ3v) is 3.84. The number of nitrogens with one attached hydrogen (secondary N) is 1. The smallest absolute Gasteiger partial charge is 0.159 e. The van der Waals surface area contributed by atoms with E-state index >= 15 is 0 Å². The predicted molar refractivity (Wildman–Crippen MR) is 84.0 cm³/mol. The molecule has 0 radical (unpaired) electrons. The molecule has 0 saturated carbocycles. The third kappa shape index (κ3) is 5.12. The molecule has 0 aliphatic carbocycles. The van der Waals surface area contributed by atoms with E-state index in [4.69, 9.17) is 9.47 Å². The molecule has 0 bridgehead atoms. The van der Waals surface area contributed by atoms with Crippen molar-refractivity contribution in [2.24, 2.45) is 0 Å². The van der Waals surface area contributed by atoms with Crippen molar-refractivity contribution in [1.82, 2.24) is 0 Å². The molecule has 0 aliphatic heterocycles. The first-order valence-corrected chi connectivity index (χ1v) is 7.49. The van der Waals surface area contributed by atoms with E-state index in [0.717, 1.165) is 13.0 Å². The zero-order valence-electron chi connectivity index (χ0n) is 11.3. The first-order valence-electron chi connectivity index (χ1n) is 6.41. The Labute approximate surface area is 123 Å². The molecule has 0 aromatic heterocycles. The van der Waals surface area contributed by atoms with E-state index in [2.05, 4.69) is 53.0 Å². The number of rotatable bonds is 8. The van der Waals surface area contributed by atoms with Crippen LogP contribution in [0.2, 0.25) is 0 Å². The fraction of sp³-hybridized carbons (Fsp3) is 0.571. The average molecular weight is 363 g/mol. The van der Waals surface area contributed by atoms with Crippen molar-refractivity contribution in [1.29, 1.82) is 0 Å². The number of hydrogen-bond donors (Lipinski definition) is 1. The van der Waals surface area contributed by atoms with E-state index in [1.54, 1.807) is 0 Å². The Balaban J connectivity index is 2.42. The minimum atomic E-state index is -0.101. The summed E-state index contributed by atoms with van der Waals surface area (Å²) in [6.07, 6.45) is 0.752. The van der Waals surface area contributed by atoms with E-state index in [1.807, 2.05) is 13.8 Å². The summed E-state index contributed by atoms with van der Waals surface area (Å²) in [5, 5.41) is 3.44. The van der Waals surface area contributed by atoms with Crippen molar-refractivity contribution >= 4 is 28.3 Å². The van der Waals surface area contributed by atoms with Gasteiger partial charge in [-0.25, -0.2) is 0 Å². The van der Waals surface area contributed by atoms with Crippen LogP contribution in [0.1, 0.15) is 25.8 Å². The zero-order valence-corrected chi connectivity index (χ0v) is 13.5. The number of hydrogen-bond acceptors (Lipinski definition) is 3. The van der Waals surface area contributed by atoms with Crippen LogP contribution in [0.15, 0.2) is 18.2 Å². The van der Waals surface area contributed by atoms with Crippen LogP contribution in [-0.2, 0) is 9.47 Å². The van der Waals surface area contributed by atoms with Crippen molar-refractivity contribution in [3.63, 3.8) is 0 Å². The van der Waals surface area contributed by atoms with Crippen LogP contribution >= 0.6 is 22.6 Å². The molecule has 0 aliphatic rings. The van der Waals surface area contributed by atoms with Gasteiger partial charge >= 0.3 is 0 Å². The van der Waals surface area contributed by atoms with E-state index in [0.29, 0.717) is 13.2 Å². The van der Waals surface area contributed by atoms with Crippen molar-refractivity contribution in [3.05, 3.63) is 27.3 Å². The van der Waals surface area contributed by atoms with Crippen LogP contribution in [0.25, 0.3) is 0 Å². The molecule has 18 heavy (non-hydrogen) atoms. The molecule has 102 valence electrons. The Morgan fingerprint density at radius 2 is 1.89 bits per heavy atom. The molecule has 1 aromatic carbocycles. The van der Waals surface area contributed by atoms with Gasteiger partial charge in [0.2, 0.25) is 0 Å². The Hall–Kier alpha value is -0.330. The molecule has 0 unspecified atom stereocenters. The van der Waals surface area contributed by atoms with Crippen LogP contribution in [0.4, 0.5) is 5.69 Å². The minimum absolute atomic E-state index is 0.101. The van der Waals surface area contributed by atoms with Gasteiger partial charge in [-0.1, -0.05) is 6.07 Å². The second kappa shape index (κ2) is 8.72. The quantitative estimate of drug-likeness (QED) is 0.563. The number of ether oxygens (including phenoxy) is 2. The molecule has 0 heterocycles. The Morgan fingerprint density at radius 1 is 1.22 bits per heavy atom. The Kier molecular flexibility index (Phi) is 7.62. The van der Waals surface area contributed by atoms with Gasteiger partial charge < -0.3 is 14.8 Å². The van der Waals surface area contributed by atoms with E-state index in [-0.39, 0.29) is 6.29 Å². The van der Waals surface area contributed by atoms with Crippen LogP contribution in [0.3, 0.4) is 0 Å². The van der Waals surface area contributed by atoms with Crippen LogP contribution in [0.5, 0.6) is 0 Å². The van der Waals surface area contributed by atoms with Gasteiger partial charge in [0, 0.05) is 35.4 Å². The summed E-state index contributed by atoms with van der Waals surface area (Å²) in [6, 6.07) is 6.29. The highest BCUT2D eigenvalue weighted by Crippen LogP contribution is 2.20. The topological polar surface area (TPSA) is 30.5 Å². The van der Waals surface area contributed by atoms with Gasteiger partial charge in [-0.05, 0) is 61.1 Å². The van der Waals surface area contributed by atoms with E-state index in [1.165, 1.54) is 14.8 Å². The maximum absolute atomic E-state index is 5.51. The summed E-state index contributed by atoms with van der Waals surface area (Å²) in [4.78, 5) is 0. The number of benzene rings is 1. The second-order valence-electron chi connectivity index (χ2n) is 3.97. The SMILES string of the molecule is CCOC(CCNc1cccc(I)c1C)OCC. The summed E-state index contributed by atoms with van der Waals surface area (Å²) in [5.74, 6) is 0. The summed E-state index contributed by atoms with van der Waals surface area (Å²) >= 11 is 2.35. The third-order valence-electron chi connectivity index (χ3n) is 2.67. The highest BCUT2D eigenvalue weighted by Gasteiger charge is 2.08. The summed E-state index contributed by atoms with van der Waals surface area (Å²) in [6.45, 7) is 8.34. The fourth-order valence-corrected chi connectivity index (χ4v) is 2.21. The van der Waals surface area contributed by atoms with E-state index in [9.17, 15) is 0 Å². The van der Waals surface area contributed by atoms with Crippen molar-refractivity contribution in [2.75, 3.05) is 25.1 Å². The first kappa shape index (κ1) is 15.7. The molecule has 0 spiro atoms. The monoisotopic (exact) mass is 363 g/mol. The predicted octanol–water partition coefficient (Wildman–Crippen LogP) is 3.80. The molecule has 1 N–H and O–H groups in total. The van der Waals surface area contributed by atoms with Gasteiger partial charge in [-0.3, -0.25) is 0 Å². The highest BCUT2D eigenvalue weighted by molar-refractivity contribution is 14.1. The van der Waals surface area contributed by atoms with Gasteiger partial charge in [0.25, 0.3) is 0 Å². The lowest BCUT2D eigenvalue weighted by Gasteiger charge is -2.18. The van der Waals surface area contributed by atoms with Crippen LogP contribution < -0.4 is 5.32 Å². The van der Waals surface area contributed by atoms with Crippen molar-refractivity contribution in [3.8, 4) is 0 Å². The van der Waals surface area contributed by atoms with Gasteiger partial charge in [0.15, 0.2) is 6.29 Å². The maximum atomic E-state index is 5.51. The van der Waals surface area contributed by atoms with Gasteiger partial charge in [-0.2, -0.15) is 0 Å². The van der Waals surface area contributed by atoms with Gasteiger partial charge in [0.05, 0.1) is 0 Å². The zero-order chi connectivity index (χ0) is 13.4. The van der Waals surface area contributed by atoms with E-state index < -0.39 is 0 Å². The number of halogens is 1. The fourth-order valence-electron chi connectivity index (χ4n) is 1.71. The summed E-state index contributed by atoms with van der Waals surface area (Å²) in [7, 11) is 0. The Bertz CT molecular complexity index is 352. The molecular formula is C14H22INO2. The molecule has 4 heteroatoms. The van der Waals surface area contributed by atoms with Crippen molar-refractivity contribution < 1.29 is 9.47 Å². The molecule has 3 nitrogen and oxygen atoms in total. The molecule has 0 amide bonds. The summed E-state index contributed by atoms with van der Waals surface area (Å²) < 4.78 is 12.3. The molecule has 0 saturated heterocycles. The summed E-state index contributed by atoms with van der Waals surface area (Å²) in [5.41, 5.74) is 2.48. The molecular weight excluding hydrogens is 341 g/mol. The maximum Gasteiger partial charge on any atom is 0.159 e. The van der Waals surface area contributed by atoms with Crippen LogP contribution in [0, 0.1) is 10.5 Å². The lowest BCUT2D eigenvalue weighted by Crippen LogP contribution is -2.21. The second-order valence-corrected chi connectivity index (χ2v) is 5.13. The van der Waals surface area contributed by atoms with Crippen molar-refractivity contribution in [2.45, 2.75) is 33.5 Å². The lowest BCUT2D eigenvalue weighted by molar-refractivity contribution is -0.137. The van der Waals surface area contributed by atoms with Gasteiger partial charge in [0.1, 0.15) is 0 Å². The Morgan fingerprint density at radius 3 is 2.50 bits per heavy atom. The normalized spacial score (nSPS) is 10.9. The van der Waals surface area contributed by atoms with Crippen LogP contribution in [-0.4, -0.2) is 26.0 Å². The van der Waals surface area contributed by atoms with Gasteiger partial charge in [-0.15, -0.1) is 0 Å². The molecule has 0 fully saturated rings. The number of anilines is 1.